The standard InChI is InChI=1S/C6H12N2O2/c9-5-7-4-8-2-1-6(10)3-8/h5-6,10H,1-4H2,(H,7,9). The van der Waals surface area contributed by atoms with E-state index in [-0.39, 0.29) is 6.10 Å². The average Bonchev–Trinajstić information content (AvgIpc) is 2.31. The highest BCUT2D eigenvalue weighted by Crippen LogP contribution is 2.05. The third-order valence-electron chi connectivity index (χ3n) is 1.65. The molecule has 0 aliphatic carbocycles. The van der Waals surface area contributed by atoms with Crippen LogP contribution in [0.15, 0.2) is 0 Å². The third-order valence-corrected chi connectivity index (χ3v) is 1.65. The van der Waals surface area contributed by atoms with Gasteiger partial charge in [0.05, 0.1) is 12.8 Å². The summed E-state index contributed by atoms with van der Waals surface area (Å²) in [6.07, 6.45) is 1.29. The smallest absolute Gasteiger partial charge is 0.208 e. The van der Waals surface area contributed by atoms with Gasteiger partial charge < -0.3 is 10.4 Å². The fourth-order valence-corrected chi connectivity index (χ4v) is 1.12. The highest BCUT2D eigenvalue weighted by molar-refractivity contribution is 5.45. The highest BCUT2D eigenvalue weighted by atomic mass is 16.3. The van der Waals surface area contributed by atoms with Crippen molar-refractivity contribution in [3.05, 3.63) is 0 Å². The van der Waals surface area contributed by atoms with E-state index in [0.29, 0.717) is 19.6 Å². The first-order valence-corrected chi connectivity index (χ1v) is 3.40. The number of aliphatic hydroxyl groups excluding tert-OH is 1. The second-order valence-corrected chi connectivity index (χ2v) is 2.50. The molecule has 1 amide bonds. The minimum absolute atomic E-state index is 0.201. The Morgan fingerprint density at radius 1 is 1.80 bits per heavy atom. The zero-order chi connectivity index (χ0) is 7.40. The van der Waals surface area contributed by atoms with E-state index in [0.717, 1.165) is 13.0 Å². The van der Waals surface area contributed by atoms with Crippen LogP contribution in [0.1, 0.15) is 6.42 Å². The quantitative estimate of drug-likeness (QED) is 0.487. The summed E-state index contributed by atoms with van der Waals surface area (Å²) in [5.74, 6) is 0. The SMILES string of the molecule is O=CNCN1CCC(O)C1. The molecule has 1 fully saturated rings. The van der Waals surface area contributed by atoms with Crippen molar-refractivity contribution in [1.82, 2.24) is 10.2 Å². The van der Waals surface area contributed by atoms with E-state index in [9.17, 15) is 4.79 Å². The minimum Gasteiger partial charge on any atom is -0.392 e. The highest BCUT2D eigenvalue weighted by Gasteiger charge is 2.18. The Morgan fingerprint density at radius 3 is 3.10 bits per heavy atom. The number of nitrogens with one attached hydrogen (secondary N) is 1. The Morgan fingerprint density at radius 2 is 2.60 bits per heavy atom. The number of hydrogen-bond donors (Lipinski definition) is 2. The maximum absolute atomic E-state index is 9.84. The summed E-state index contributed by atoms with van der Waals surface area (Å²) in [5.41, 5.74) is 0. The fraction of sp³-hybridized carbons (Fsp3) is 0.833. The zero-order valence-corrected chi connectivity index (χ0v) is 5.79. The predicted molar refractivity (Wildman–Crippen MR) is 36.3 cm³/mol. The number of amides is 1. The monoisotopic (exact) mass is 144 g/mol. The van der Waals surface area contributed by atoms with Gasteiger partial charge in [-0.2, -0.15) is 0 Å². The molecule has 58 valence electrons. The van der Waals surface area contributed by atoms with Crippen molar-refractivity contribution in [1.29, 1.82) is 0 Å². The van der Waals surface area contributed by atoms with Crippen LogP contribution < -0.4 is 5.32 Å². The van der Waals surface area contributed by atoms with Gasteiger partial charge >= 0.3 is 0 Å². The van der Waals surface area contributed by atoms with Gasteiger partial charge in [-0.05, 0) is 6.42 Å². The first-order chi connectivity index (χ1) is 4.83. The summed E-state index contributed by atoms with van der Waals surface area (Å²) in [6, 6.07) is 0. The average molecular weight is 144 g/mol. The van der Waals surface area contributed by atoms with Crippen LogP contribution in [-0.4, -0.2) is 42.3 Å². The van der Waals surface area contributed by atoms with Crippen LogP contribution in [0.2, 0.25) is 0 Å². The molecule has 4 nitrogen and oxygen atoms in total. The lowest BCUT2D eigenvalue weighted by Crippen LogP contribution is -2.32. The Labute approximate surface area is 59.8 Å². The number of carbonyl (C=O) groups excluding carboxylic acids is 1. The Balaban J connectivity index is 2.12. The molecule has 4 heteroatoms. The molecule has 1 heterocycles. The number of β-amino-alcohol motifs (C(OH)–C–C–N with tert-alkyl or cyclic N) is 1. The van der Waals surface area contributed by atoms with Crippen LogP contribution in [0.4, 0.5) is 0 Å². The molecular formula is C6H12N2O2. The first kappa shape index (κ1) is 7.50. The summed E-state index contributed by atoms with van der Waals surface area (Å²) in [6.45, 7) is 2.11. The van der Waals surface area contributed by atoms with Crippen molar-refractivity contribution in [2.45, 2.75) is 12.5 Å². The lowest BCUT2D eigenvalue weighted by atomic mass is 10.3. The Hall–Kier alpha value is -0.610. The van der Waals surface area contributed by atoms with Crippen molar-refractivity contribution in [3.8, 4) is 0 Å². The predicted octanol–water partition coefficient (Wildman–Crippen LogP) is -1.24. The molecule has 0 radical (unpaired) electrons. The molecule has 0 aromatic heterocycles. The topological polar surface area (TPSA) is 52.6 Å². The summed E-state index contributed by atoms with van der Waals surface area (Å²) in [5, 5.41) is 11.6. The largest absolute Gasteiger partial charge is 0.392 e. The van der Waals surface area contributed by atoms with Gasteiger partial charge in [-0.25, -0.2) is 0 Å². The van der Waals surface area contributed by atoms with Gasteiger partial charge in [0.1, 0.15) is 0 Å². The van der Waals surface area contributed by atoms with Gasteiger partial charge in [-0.15, -0.1) is 0 Å². The third kappa shape index (κ3) is 1.97. The number of carbonyl (C=O) groups is 1. The van der Waals surface area contributed by atoms with Crippen molar-refractivity contribution < 1.29 is 9.90 Å². The van der Waals surface area contributed by atoms with E-state index in [1.807, 2.05) is 4.90 Å². The van der Waals surface area contributed by atoms with Gasteiger partial charge in [0.2, 0.25) is 6.41 Å². The molecule has 2 N–H and O–H groups in total. The Bertz CT molecular complexity index is 118. The van der Waals surface area contributed by atoms with Gasteiger partial charge in [0, 0.05) is 13.1 Å². The van der Waals surface area contributed by atoms with Crippen molar-refractivity contribution >= 4 is 6.41 Å². The molecule has 0 spiro atoms. The molecular weight excluding hydrogens is 132 g/mol. The van der Waals surface area contributed by atoms with E-state index < -0.39 is 0 Å². The first-order valence-electron chi connectivity index (χ1n) is 3.40. The zero-order valence-electron chi connectivity index (χ0n) is 5.79. The summed E-state index contributed by atoms with van der Waals surface area (Å²) < 4.78 is 0. The molecule has 1 aliphatic rings. The summed E-state index contributed by atoms with van der Waals surface area (Å²) in [4.78, 5) is 11.8. The second-order valence-electron chi connectivity index (χ2n) is 2.50. The normalized spacial score (nSPS) is 26.7. The van der Waals surface area contributed by atoms with Crippen LogP contribution in [0.25, 0.3) is 0 Å². The van der Waals surface area contributed by atoms with E-state index >= 15 is 0 Å². The van der Waals surface area contributed by atoms with E-state index in [4.69, 9.17) is 5.11 Å². The number of aliphatic hydroxyl groups is 1. The van der Waals surface area contributed by atoms with Crippen LogP contribution in [-0.2, 0) is 4.79 Å². The fourth-order valence-electron chi connectivity index (χ4n) is 1.12. The number of hydrogen-bond acceptors (Lipinski definition) is 3. The molecule has 0 saturated carbocycles. The van der Waals surface area contributed by atoms with Crippen molar-refractivity contribution in [2.24, 2.45) is 0 Å². The number of likely N-dealkylation sites (tertiary alicyclic amines) is 1. The molecule has 0 aromatic rings. The molecule has 10 heavy (non-hydrogen) atoms. The van der Waals surface area contributed by atoms with Crippen LogP contribution in [0.3, 0.4) is 0 Å². The second kappa shape index (κ2) is 3.53. The van der Waals surface area contributed by atoms with Crippen LogP contribution in [0, 0.1) is 0 Å². The lowest BCUT2D eigenvalue weighted by molar-refractivity contribution is -0.110. The van der Waals surface area contributed by atoms with Gasteiger partial charge in [0.25, 0.3) is 0 Å². The molecule has 1 unspecified atom stereocenters. The van der Waals surface area contributed by atoms with Crippen LogP contribution >= 0.6 is 0 Å². The summed E-state index contributed by atoms with van der Waals surface area (Å²) >= 11 is 0. The molecule has 1 atom stereocenters. The van der Waals surface area contributed by atoms with Gasteiger partial charge in [0.15, 0.2) is 0 Å². The van der Waals surface area contributed by atoms with E-state index in [1.54, 1.807) is 0 Å². The summed E-state index contributed by atoms with van der Waals surface area (Å²) in [7, 11) is 0. The molecule has 1 rings (SSSR count). The number of rotatable bonds is 3. The van der Waals surface area contributed by atoms with E-state index in [2.05, 4.69) is 5.32 Å². The molecule has 0 bridgehead atoms. The molecule has 1 saturated heterocycles. The Kier molecular flexibility index (Phi) is 2.65. The maximum Gasteiger partial charge on any atom is 0.208 e. The van der Waals surface area contributed by atoms with Gasteiger partial charge in [-0.3, -0.25) is 9.69 Å². The van der Waals surface area contributed by atoms with Crippen molar-refractivity contribution in [3.63, 3.8) is 0 Å². The number of nitrogens with zero attached hydrogens (tertiary/aromatic N) is 1. The maximum atomic E-state index is 9.84. The molecule has 1 aliphatic heterocycles. The van der Waals surface area contributed by atoms with Crippen molar-refractivity contribution in [2.75, 3.05) is 19.8 Å². The van der Waals surface area contributed by atoms with E-state index in [1.165, 1.54) is 0 Å². The molecule has 0 aromatic carbocycles. The minimum atomic E-state index is -0.201. The van der Waals surface area contributed by atoms with Gasteiger partial charge in [-0.1, -0.05) is 0 Å². The van der Waals surface area contributed by atoms with Crippen LogP contribution in [0.5, 0.6) is 0 Å². The lowest BCUT2D eigenvalue weighted by Gasteiger charge is -2.12.